The molecule has 8 heteroatoms. The van der Waals surface area contributed by atoms with Crippen molar-refractivity contribution in [3.63, 3.8) is 0 Å². The fraction of sp³-hybridized carbons (Fsp3) is 0.294. The lowest BCUT2D eigenvalue weighted by Crippen LogP contribution is -2.31. The van der Waals surface area contributed by atoms with Crippen LogP contribution < -0.4 is 5.32 Å². The molecule has 1 heterocycles. The summed E-state index contributed by atoms with van der Waals surface area (Å²) >= 11 is 3.27. The monoisotopic (exact) mass is 425 g/mol. The third-order valence-corrected chi connectivity index (χ3v) is 6.36. The quantitative estimate of drug-likeness (QED) is 0.768. The summed E-state index contributed by atoms with van der Waals surface area (Å²) in [7, 11) is -3.60. The number of sulfonamides is 1. The summed E-state index contributed by atoms with van der Waals surface area (Å²) < 4.78 is 27.6. The van der Waals surface area contributed by atoms with Crippen molar-refractivity contribution in [1.82, 2.24) is 9.29 Å². The van der Waals surface area contributed by atoms with Crippen molar-refractivity contribution in [3.8, 4) is 0 Å². The SMILES string of the molecule is CCN(CC)S(=O)(=O)c1cc(NC(=O)c2cncc(Br)c2)ccc1C. The molecule has 0 radical (unpaired) electrons. The number of pyridine rings is 1. The van der Waals surface area contributed by atoms with E-state index in [-0.39, 0.29) is 10.8 Å². The molecule has 0 aliphatic rings. The predicted octanol–water partition coefficient (Wildman–Crippen LogP) is 3.44. The van der Waals surface area contributed by atoms with Crippen LogP contribution in [0.5, 0.6) is 0 Å². The van der Waals surface area contributed by atoms with Gasteiger partial charge in [0.25, 0.3) is 5.91 Å². The zero-order chi connectivity index (χ0) is 18.6. The van der Waals surface area contributed by atoms with Crippen molar-refractivity contribution < 1.29 is 13.2 Å². The molecule has 2 rings (SSSR count). The molecule has 2 aromatic rings. The van der Waals surface area contributed by atoms with Crippen LogP contribution in [0.2, 0.25) is 0 Å². The molecule has 134 valence electrons. The number of aromatic nitrogens is 1. The topological polar surface area (TPSA) is 79.4 Å². The summed E-state index contributed by atoms with van der Waals surface area (Å²) in [5.41, 5.74) is 1.43. The number of carbonyl (C=O) groups is 1. The zero-order valence-electron chi connectivity index (χ0n) is 14.3. The smallest absolute Gasteiger partial charge is 0.257 e. The Kier molecular flexibility index (Phi) is 6.31. The average molecular weight is 426 g/mol. The minimum Gasteiger partial charge on any atom is -0.322 e. The van der Waals surface area contributed by atoms with Gasteiger partial charge in [0.05, 0.1) is 10.5 Å². The number of benzene rings is 1. The summed E-state index contributed by atoms with van der Waals surface area (Å²) in [5, 5.41) is 2.72. The molecular weight excluding hydrogens is 406 g/mol. The van der Waals surface area contributed by atoms with Crippen LogP contribution in [-0.2, 0) is 10.0 Å². The first-order chi connectivity index (χ1) is 11.8. The Balaban J connectivity index is 2.34. The van der Waals surface area contributed by atoms with Gasteiger partial charge in [-0.05, 0) is 46.6 Å². The molecule has 0 spiro atoms. The maximum atomic E-state index is 12.8. The molecule has 0 saturated carbocycles. The largest absolute Gasteiger partial charge is 0.322 e. The molecule has 0 aliphatic heterocycles. The molecule has 0 bridgehead atoms. The highest BCUT2D eigenvalue weighted by Gasteiger charge is 2.24. The second kappa shape index (κ2) is 8.07. The van der Waals surface area contributed by atoms with Crippen LogP contribution in [-0.4, -0.2) is 36.7 Å². The number of amides is 1. The van der Waals surface area contributed by atoms with E-state index >= 15 is 0 Å². The van der Waals surface area contributed by atoms with E-state index in [1.54, 1.807) is 45.2 Å². The van der Waals surface area contributed by atoms with E-state index < -0.39 is 10.0 Å². The zero-order valence-corrected chi connectivity index (χ0v) is 16.7. The molecule has 1 N–H and O–H groups in total. The highest BCUT2D eigenvalue weighted by atomic mass is 79.9. The normalized spacial score (nSPS) is 11.6. The summed E-state index contributed by atoms with van der Waals surface area (Å²) in [5.74, 6) is -0.358. The number of rotatable bonds is 6. The number of halogens is 1. The summed E-state index contributed by atoms with van der Waals surface area (Å²) in [6.45, 7) is 6.10. The number of hydrogen-bond acceptors (Lipinski definition) is 4. The Morgan fingerprint density at radius 1 is 1.20 bits per heavy atom. The maximum Gasteiger partial charge on any atom is 0.257 e. The molecule has 0 atom stereocenters. The molecule has 0 aliphatic carbocycles. The summed E-state index contributed by atoms with van der Waals surface area (Å²) in [6.07, 6.45) is 3.03. The Morgan fingerprint density at radius 3 is 2.48 bits per heavy atom. The molecule has 1 aromatic heterocycles. The minimum atomic E-state index is -3.60. The first-order valence-electron chi connectivity index (χ1n) is 7.82. The number of anilines is 1. The van der Waals surface area contributed by atoms with Crippen LogP contribution in [0.3, 0.4) is 0 Å². The second-order valence-corrected chi connectivity index (χ2v) is 8.24. The van der Waals surface area contributed by atoms with E-state index in [1.165, 1.54) is 16.6 Å². The van der Waals surface area contributed by atoms with Gasteiger partial charge in [-0.1, -0.05) is 19.9 Å². The summed E-state index contributed by atoms with van der Waals surface area (Å²) in [6, 6.07) is 6.50. The number of carbonyl (C=O) groups excluding carboxylic acids is 1. The lowest BCUT2D eigenvalue weighted by Gasteiger charge is -2.20. The van der Waals surface area contributed by atoms with Gasteiger partial charge in [0.15, 0.2) is 0 Å². The van der Waals surface area contributed by atoms with Gasteiger partial charge >= 0.3 is 0 Å². The third-order valence-electron chi connectivity index (χ3n) is 3.74. The molecule has 0 saturated heterocycles. The van der Waals surface area contributed by atoms with Crippen LogP contribution in [0.1, 0.15) is 29.8 Å². The van der Waals surface area contributed by atoms with E-state index in [0.29, 0.717) is 34.4 Å². The van der Waals surface area contributed by atoms with Crippen LogP contribution in [0.25, 0.3) is 0 Å². The van der Waals surface area contributed by atoms with Gasteiger partial charge in [-0.3, -0.25) is 9.78 Å². The fourth-order valence-electron chi connectivity index (χ4n) is 2.40. The summed E-state index contributed by atoms with van der Waals surface area (Å²) in [4.78, 5) is 16.5. The van der Waals surface area contributed by atoms with Gasteiger partial charge in [0.1, 0.15) is 0 Å². The van der Waals surface area contributed by atoms with Crippen molar-refractivity contribution in [3.05, 3.63) is 52.3 Å². The van der Waals surface area contributed by atoms with Crippen molar-refractivity contribution in [1.29, 1.82) is 0 Å². The van der Waals surface area contributed by atoms with E-state index in [9.17, 15) is 13.2 Å². The highest BCUT2D eigenvalue weighted by Crippen LogP contribution is 2.24. The number of hydrogen-bond donors (Lipinski definition) is 1. The third kappa shape index (κ3) is 4.45. The Labute approximate surface area is 156 Å². The molecule has 0 unspecified atom stereocenters. The Hall–Kier alpha value is -1.77. The minimum absolute atomic E-state index is 0.196. The lowest BCUT2D eigenvalue weighted by atomic mass is 10.2. The first-order valence-corrected chi connectivity index (χ1v) is 10.1. The molecule has 6 nitrogen and oxygen atoms in total. The maximum absolute atomic E-state index is 12.8. The Bertz CT molecular complexity index is 880. The standard InChI is InChI=1S/C17H20BrN3O3S/c1-4-21(5-2)25(23,24)16-9-15(7-6-12(16)3)20-17(22)13-8-14(18)11-19-10-13/h6-11H,4-5H2,1-3H3,(H,20,22). The van der Waals surface area contributed by atoms with E-state index in [4.69, 9.17) is 0 Å². The number of nitrogens with zero attached hydrogens (tertiary/aromatic N) is 2. The van der Waals surface area contributed by atoms with Crippen molar-refractivity contribution in [2.75, 3.05) is 18.4 Å². The van der Waals surface area contributed by atoms with Crippen molar-refractivity contribution >= 4 is 37.5 Å². The highest BCUT2D eigenvalue weighted by molar-refractivity contribution is 9.10. The average Bonchev–Trinajstić information content (AvgIpc) is 2.57. The van der Waals surface area contributed by atoms with E-state index in [0.717, 1.165) is 0 Å². The number of nitrogens with one attached hydrogen (secondary N) is 1. The molecule has 1 amide bonds. The van der Waals surface area contributed by atoms with Gasteiger partial charge in [-0.2, -0.15) is 4.31 Å². The molecule has 25 heavy (non-hydrogen) atoms. The predicted molar refractivity (Wildman–Crippen MR) is 101 cm³/mol. The van der Waals surface area contributed by atoms with E-state index in [2.05, 4.69) is 26.2 Å². The van der Waals surface area contributed by atoms with Gasteiger partial charge < -0.3 is 5.32 Å². The van der Waals surface area contributed by atoms with Crippen molar-refractivity contribution in [2.24, 2.45) is 0 Å². The van der Waals surface area contributed by atoms with Gasteiger partial charge in [0.2, 0.25) is 10.0 Å². The molecular formula is C17H20BrN3O3S. The second-order valence-electron chi connectivity index (χ2n) is 5.42. The van der Waals surface area contributed by atoms with Crippen LogP contribution >= 0.6 is 15.9 Å². The van der Waals surface area contributed by atoms with Gasteiger partial charge in [0, 0.05) is 35.6 Å². The first kappa shape index (κ1) is 19.6. The van der Waals surface area contributed by atoms with Gasteiger partial charge in [-0.25, -0.2) is 8.42 Å². The molecule has 0 fully saturated rings. The number of aryl methyl sites for hydroxylation is 1. The Morgan fingerprint density at radius 2 is 1.88 bits per heavy atom. The van der Waals surface area contributed by atoms with Crippen LogP contribution in [0.15, 0.2) is 46.0 Å². The van der Waals surface area contributed by atoms with E-state index in [1.807, 2.05) is 0 Å². The fourth-order valence-corrected chi connectivity index (χ4v) is 4.47. The van der Waals surface area contributed by atoms with Crippen LogP contribution in [0.4, 0.5) is 5.69 Å². The lowest BCUT2D eigenvalue weighted by molar-refractivity contribution is 0.102. The van der Waals surface area contributed by atoms with Crippen LogP contribution in [0, 0.1) is 6.92 Å². The van der Waals surface area contributed by atoms with Gasteiger partial charge in [-0.15, -0.1) is 0 Å². The molecule has 1 aromatic carbocycles. The van der Waals surface area contributed by atoms with Crippen molar-refractivity contribution in [2.45, 2.75) is 25.7 Å².